The van der Waals surface area contributed by atoms with Crippen LogP contribution in [-0.2, 0) is 11.3 Å². The SMILES string of the molecule is O=C(NC1CCOCC1)N(Cc1ccsc1)CC(F)(F)F. The quantitative estimate of drug-likeness (QED) is 0.926. The van der Waals surface area contributed by atoms with Crippen LogP contribution in [0.3, 0.4) is 0 Å². The molecule has 118 valence electrons. The minimum absolute atomic E-state index is 0.0436. The van der Waals surface area contributed by atoms with Crippen LogP contribution in [0.1, 0.15) is 18.4 Å². The van der Waals surface area contributed by atoms with Crippen molar-refractivity contribution in [3.63, 3.8) is 0 Å². The van der Waals surface area contributed by atoms with E-state index >= 15 is 0 Å². The van der Waals surface area contributed by atoms with Gasteiger partial charge in [-0.05, 0) is 35.2 Å². The molecular formula is C13H17F3N2O2S. The molecule has 8 heteroatoms. The second-order valence-corrected chi connectivity index (χ2v) is 5.72. The molecular weight excluding hydrogens is 305 g/mol. The normalized spacial score (nSPS) is 16.7. The molecule has 2 heterocycles. The smallest absolute Gasteiger partial charge is 0.381 e. The highest BCUT2D eigenvalue weighted by Gasteiger charge is 2.33. The molecule has 1 fully saturated rings. The summed E-state index contributed by atoms with van der Waals surface area (Å²) in [5.74, 6) is 0. The number of amides is 2. The fourth-order valence-electron chi connectivity index (χ4n) is 2.13. The number of halogens is 3. The molecule has 0 aliphatic carbocycles. The van der Waals surface area contributed by atoms with Gasteiger partial charge in [-0.25, -0.2) is 4.79 Å². The zero-order valence-corrected chi connectivity index (χ0v) is 12.2. The van der Waals surface area contributed by atoms with Gasteiger partial charge in [-0.1, -0.05) is 0 Å². The first-order valence-corrected chi connectivity index (χ1v) is 7.59. The number of rotatable bonds is 4. The number of carbonyl (C=O) groups is 1. The van der Waals surface area contributed by atoms with Crippen molar-refractivity contribution in [2.24, 2.45) is 0 Å². The summed E-state index contributed by atoms with van der Waals surface area (Å²) in [6, 6.07) is 0.922. The van der Waals surface area contributed by atoms with Crippen LogP contribution in [0.4, 0.5) is 18.0 Å². The third-order valence-electron chi connectivity index (χ3n) is 3.16. The Bertz CT molecular complexity index is 445. The van der Waals surface area contributed by atoms with Crippen LogP contribution < -0.4 is 5.32 Å². The maximum Gasteiger partial charge on any atom is 0.406 e. The molecule has 0 saturated carbocycles. The van der Waals surface area contributed by atoms with Gasteiger partial charge in [0, 0.05) is 25.8 Å². The summed E-state index contributed by atoms with van der Waals surface area (Å²) in [6.07, 6.45) is -3.16. The van der Waals surface area contributed by atoms with E-state index in [0.29, 0.717) is 31.6 Å². The van der Waals surface area contributed by atoms with Gasteiger partial charge in [0.1, 0.15) is 6.54 Å². The van der Waals surface area contributed by atoms with Crippen molar-refractivity contribution < 1.29 is 22.7 Å². The predicted molar refractivity (Wildman–Crippen MR) is 73.2 cm³/mol. The third kappa shape index (κ3) is 5.55. The zero-order chi connectivity index (χ0) is 15.3. The number of thiophene rings is 1. The van der Waals surface area contributed by atoms with Crippen molar-refractivity contribution in [2.75, 3.05) is 19.8 Å². The lowest BCUT2D eigenvalue weighted by Crippen LogP contribution is -2.49. The number of nitrogens with one attached hydrogen (secondary N) is 1. The summed E-state index contributed by atoms with van der Waals surface area (Å²) < 4.78 is 43.1. The van der Waals surface area contributed by atoms with Crippen molar-refractivity contribution in [3.05, 3.63) is 22.4 Å². The largest absolute Gasteiger partial charge is 0.406 e. The molecule has 0 unspecified atom stereocenters. The van der Waals surface area contributed by atoms with Gasteiger partial charge in [0.05, 0.1) is 0 Å². The molecule has 0 spiro atoms. The fraction of sp³-hybridized carbons (Fsp3) is 0.615. The van der Waals surface area contributed by atoms with E-state index in [2.05, 4.69) is 5.32 Å². The van der Waals surface area contributed by atoms with Crippen molar-refractivity contribution in [3.8, 4) is 0 Å². The number of hydrogen-bond donors (Lipinski definition) is 1. The second kappa shape index (κ2) is 7.13. The summed E-state index contributed by atoms with van der Waals surface area (Å²) in [4.78, 5) is 12.9. The molecule has 1 aliphatic rings. The highest BCUT2D eigenvalue weighted by molar-refractivity contribution is 7.07. The highest BCUT2D eigenvalue weighted by atomic mass is 32.1. The molecule has 0 radical (unpaired) electrons. The molecule has 4 nitrogen and oxygen atoms in total. The summed E-state index contributed by atoms with van der Waals surface area (Å²) >= 11 is 1.39. The Morgan fingerprint density at radius 2 is 2.14 bits per heavy atom. The zero-order valence-electron chi connectivity index (χ0n) is 11.4. The number of ether oxygens (including phenoxy) is 1. The first kappa shape index (κ1) is 16.1. The third-order valence-corrected chi connectivity index (χ3v) is 3.89. The Hall–Kier alpha value is -1.28. The van der Waals surface area contributed by atoms with E-state index in [9.17, 15) is 18.0 Å². The van der Waals surface area contributed by atoms with Crippen LogP contribution in [-0.4, -0.2) is 42.9 Å². The average Bonchev–Trinajstić information content (AvgIpc) is 2.90. The number of alkyl halides is 3. The molecule has 0 aromatic carbocycles. The van der Waals surface area contributed by atoms with Crippen molar-refractivity contribution in [2.45, 2.75) is 31.6 Å². The number of nitrogens with zero attached hydrogens (tertiary/aromatic N) is 1. The van der Waals surface area contributed by atoms with Crippen LogP contribution >= 0.6 is 11.3 Å². The van der Waals surface area contributed by atoms with Crippen LogP contribution in [0.2, 0.25) is 0 Å². The molecule has 1 N–H and O–H groups in total. The predicted octanol–water partition coefficient (Wildman–Crippen LogP) is 3.00. The van der Waals surface area contributed by atoms with Crippen molar-refractivity contribution >= 4 is 17.4 Å². The molecule has 1 aromatic heterocycles. The Balaban J connectivity index is 1.97. The first-order chi connectivity index (χ1) is 9.94. The van der Waals surface area contributed by atoms with Gasteiger partial charge in [-0.3, -0.25) is 0 Å². The van der Waals surface area contributed by atoms with Crippen molar-refractivity contribution in [1.82, 2.24) is 10.2 Å². The van der Waals surface area contributed by atoms with Crippen LogP contribution in [0.15, 0.2) is 16.8 Å². The maximum absolute atomic E-state index is 12.6. The first-order valence-electron chi connectivity index (χ1n) is 6.65. The molecule has 21 heavy (non-hydrogen) atoms. The minimum Gasteiger partial charge on any atom is -0.381 e. The second-order valence-electron chi connectivity index (χ2n) is 4.94. The van der Waals surface area contributed by atoms with Crippen LogP contribution in [0.25, 0.3) is 0 Å². The van der Waals surface area contributed by atoms with E-state index in [1.54, 1.807) is 16.8 Å². The minimum atomic E-state index is -4.41. The van der Waals surface area contributed by atoms with Gasteiger partial charge in [-0.15, -0.1) is 0 Å². The Labute approximate surface area is 124 Å². The van der Waals surface area contributed by atoms with E-state index in [4.69, 9.17) is 4.74 Å². The van der Waals surface area contributed by atoms with E-state index in [0.717, 1.165) is 4.90 Å². The Morgan fingerprint density at radius 3 is 2.71 bits per heavy atom. The number of carbonyl (C=O) groups excluding carboxylic acids is 1. The summed E-state index contributed by atoms with van der Waals surface area (Å²) in [6.45, 7) is -0.251. The number of urea groups is 1. The molecule has 2 amide bonds. The van der Waals surface area contributed by atoms with Gasteiger partial charge >= 0.3 is 12.2 Å². The van der Waals surface area contributed by atoms with Gasteiger partial charge in [-0.2, -0.15) is 24.5 Å². The molecule has 0 bridgehead atoms. The van der Waals surface area contributed by atoms with E-state index in [1.165, 1.54) is 11.3 Å². The monoisotopic (exact) mass is 322 g/mol. The van der Waals surface area contributed by atoms with Gasteiger partial charge in [0.2, 0.25) is 0 Å². The lowest BCUT2D eigenvalue weighted by molar-refractivity contribution is -0.141. The highest BCUT2D eigenvalue weighted by Crippen LogP contribution is 2.19. The van der Waals surface area contributed by atoms with Crippen LogP contribution in [0.5, 0.6) is 0 Å². The van der Waals surface area contributed by atoms with E-state index < -0.39 is 18.8 Å². The van der Waals surface area contributed by atoms with Gasteiger partial charge in [0.15, 0.2) is 0 Å². The molecule has 2 rings (SSSR count). The molecule has 1 saturated heterocycles. The Kier molecular flexibility index (Phi) is 5.46. The topological polar surface area (TPSA) is 41.6 Å². The molecule has 1 aromatic rings. The van der Waals surface area contributed by atoms with Crippen LogP contribution in [0, 0.1) is 0 Å². The summed E-state index contributed by atoms with van der Waals surface area (Å²) in [5, 5.41) is 6.18. The summed E-state index contributed by atoms with van der Waals surface area (Å²) in [7, 11) is 0. The average molecular weight is 322 g/mol. The van der Waals surface area contributed by atoms with Crippen molar-refractivity contribution in [1.29, 1.82) is 0 Å². The Morgan fingerprint density at radius 1 is 1.43 bits per heavy atom. The lowest BCUT2D eigenvalue weighted by atomic mass is 10.1. The molecule has 1 aliphatic heterocycles. The van der Waals surface area contributed by atoms with Gasteiger partial charge in [0.25, 0.3) is 0 Å². The van der Waals surface area contributed by atoms with E-state index in [1.807, 2.05) is 0 Å². The molecule has 0 atom stereocenters. The standard InChI is InChI=1S/C13H17F3N2O2S/c14-13(15,16)9-18(7-10-3-6-21-8-10)12(19)17-11-1-4-20-5-2-11/h3,6,8,11H,1-2,4-5,7,9H2,(H,17,19). The van der Waals surface area contributed by atoms with E-state index in [-0.39, 0.29) is 12.6 Å². The number of hydrogen-bond acceptors (Lipinski definition) is 3. The fourth-order valence-corrected chi connectivity index (χ4v) is 2.79. The lowest BCUT2D eigenvalue weighted by Gasteiger charge is -2.28. The van der Waals surface area contributed by atoms with Gasteiger partial charge < -0.3 is 15.0 Å². The maximum atomic E-state index is 12.6. The summed E-state index contributed by atoms with van der Waals surface area (Å²) in [5.41, 5.74) is 0.700.